The molecule has 1 aromatic heterocycles. The molecule has 0 saturated heterocycles. The number of non-ortho nitro benzene ring substituents is 1. The summed E-state index contributed by atoms with van der Waals surface area (Å²) < 4.78 is 5.37. The summed E-state index contributed by atoms with van der Waals surface area (Å²) in [4.78, 5) is 24.8. The highest BCUT2D eigenvalue weighted by Crippen LogP contribution is 2.39. The first-order valence-electron chi connectivity index (χ1n) is 5.24. The molecular weight excluding hydrogens is 307 g/mol. The SMILES string of the molecule is O=Cc1cccnc1Oc1c(Cl)cc([N+](=O)[O-])cc1Cl. The Morgan fingerprint density at radius 3 is 2.50 bits per heavy atom. The third kappa shape index (κ3) is 2.87. The molecule has 0 aliphatic rings. The van der Waals surface area contributed by atoms with Crippen molar-refractivity contribution in [1.29, 1.82) is 0 Å². The third-order valence-electron chi connectivity index (χ3n) is 2.32. The Hall–Kier alpha value is -2.18. The number of pyridine rings is 1. The first-order valence-corrected chi connectivity index (χ1v) is 6.00. The third-order valence-corrected chi connectivity index (χ3v) is 2.88. The van der Waals surface area contributed by atoms with Gasteiger partial charge < -0.3 is 4.74 Å². The van der Waals surface area contributed by atoms with E-state index in [1.807, 2.05) is 0 Å². The fourth-order valence-corrected chi connectivity index (χ4v) is 1.98. The summed E-state index contributed by atoms with van der Waals surface area (Å²) in [7, 11) is 0. The Morgan fingerprint density at radius 1 is 1.30 bits per heavy atom. The van der Waals surface area contributed by atoms with E-state index in [9.17, 15) is 14.9 Å². The van der Waals surface area contributed by atoms with Gasteiger partial charge in [-0.05, 0) is 12.1 Å². The number of aldehydes is 1. The van der Waals surface area contributed by atoms with Crippen molar-refractivity contribution in [3.05, 3.63) is 56.2 Å². The summed E-state index contributed by atoms with van der Waals surface area (Å²) in [6.07, 6.45) is 1.99. The van der Waals surface area contributed by atoms with Gasteiger partial charge in [-0.1, -0.05) is 23.2 Å². The summed E-state index contributed by atoms with van der Waals surface area (Å²) in [6, 6.07) is 5.27. The second-order valence-electron chi connectivity index (χ2n) is 3.61. The molecule has 0 spiro atoms. The molecule has 0 radical (unpaired) electrons. The van der Waals surface area contributed by atoms with E-state index >= 15 is 0 Å². The van der Waals surface area contributed by atoms with Gasteiger partial charge >= 0.3 is 0 Å². The maximum atomic E-state index is 10.9. The molecule has 1 aromatic carbocycles. The maximum Gasteiger partial charge on any atom is 0.272 e. The average molecular weight is 313 g/mol. The highest BCUT2D eigenvalue weighted by Gasteiger charge is 2.17. The van der Waals surface area contributed by atoms with Crippen molar-refractivity contribution in [2.45, 2.75) is 0 Å². The van der Waals surface area contributed by atoms with Crippen molar-refractivity contribution >= 4 is 35.2 Å². The number of nitrogens with zero attached hydrogens (tertiary/aromatic N) is 2. The van der Waals surface area contributed by atoms with Gasteiger partial charge in [0.15, 0.2) is 12.0 Å². The lowest BCUT2D eigenvalue weighted by molar-refractivity contribution is -0.384. The van der Waals surface area contributed by atoms with Gasteiger partial charge in [0, 0.05) is 18.3 Å². The minimum atomic E-state index is -0.626. The number of aromatic nitrogens is 1. The summed E-state index contributed by atoms with van der Waals surface area (Å²) in [5, 5.41) is 10.6. The van der Waals surface area contributed by atoms with Gasteiger partial charge in [0.2, 0.25) is 5.88 Å². The lowest BCUT2D eigenvalue weighted by Gasteiger charge is -2.09. The van der Waals surface area contributed by atoms with Crippen LogP contribution >= 0.6 is 23.2 Å². The fourth-order valence-electron chi connectivity index (χ4n) is 1.42. The van der Waals surface area contributed by atoms with E-state index in [-0.39, 0.29) is 32.9 Å². The quantitative estimate of drug-likeness (QED) is 0.485. The molecule has 0 bridgehead atoms. The van der Waals surface area contributed by atoms with Crippen molar-refractivity contribution in [3.63, 3.8) is 0 Å². The van der Waals surface area contributed by atoms with E-state index in [4.69, 9.17) is 27.9 Å². The molecule has 8 heteroatoms. The summed E-state index contributed by atoms with van der Waals surface area (Å²) in [5.41, 5.74) is -0.0537. The zero-order valence-corrected chi connectivity index (χ0v) is 11.3. The molecule has 2 rings (SSSR count). The molecule has 0 fully saturated rings. The maximum absolute atomic E-state index is 10.9. The van der Waals surface area contributed by atoms with Gasteiger partial charge in [0.1, 0.15) is 0 Å². The van der Waals surface area contributed by atoms with Crippen LogP contribution in [0.2, 0.25) is 10.0 Å². The van der Waals surface area contributed by atoms with Gasteiger partial charge in [-0.2, -0.15) is 0 Å². The van der Waals surface area contributed by atoms with Gasteiger partial charge in [-0.15, -0.1) is 0 Å². The van der Waals surface area contributed by atoms with Crippen LogP contribution in [0.15, 0.2) is 30.5 Å². The van der Waals surface area contributed by atoms with Crippen LogP contribution < -0.4 is 4.74 Å². The summed E-state index contributed by atoms with van der Waals surface area (Å²) >= 11 is 11.8. The van der Waals surface area contributed by atoms with Gasteiger partial charge in [-0.3, -0.25) is 14.9 Å². The topological polar surface area (TPSA) is 82.3 Å². The molecule has 0 N–H and O–H groups in total. The minimum Gasteiger partial charge on any atom is -0.435 e. The first-order chi connectivity index (χ1) is 9.52. The van der Waals surface area contributed by atoms with Crippen LogP contribution in [-0.4, -0.2) is 16.2 Å². The van der Waals surface area contributed by atoms with Crippen LogP contribution in [0, 0.1) is 10.1 Å². The van der Waals surface area contributed by atoms with Gasteiger partial charge in [0.25, 0.3) is 5.69 Å². The molecule has 0 atom stereocenters. The molecular formula is C12H6Cl2N2O4. The predicted octanol–water partition coefficient (Wildman–Crippen LogP) is 3.90. The van der Waals surface area contributed by atoms with E-state index in [0.29, 0.717) is 6.29 Å². The number of nitro benzene ring substituents is 1. The lowest BCUT2D eigenvalue weighted by atomic mass is 10.3. The van der Waals surface area contributed by atoms with Crippen molar-refractivity contribution < 1.29 is 14.5 Å². The number of carbonyl (C=O) groups is 1. The average Bonchev–Trinajstić information content (AvgIpc) is 2.42. The lowest BCUT2D eigenvalue weighted by Crippen LogP contribution is -1.95. The minimum absolute atomic E-state index is 0.000679. The highest BCUT2D eigenvalue weighted by molar-refractivity contribution is 6.37. The number of carbonyl (C=O) groups excluding carboxylic acids is 1. The number of hydrogen-bond acceptors (Lipinski definition) is 5. The molecule has 1 heterocycles. The molecule has 6 nitrogen and oxygen atoms in total. The molecule has 0 aliphatic carbocycles. The van der Waals surface area contributed by atoms with Crippen LogP contribution in [0.25, 0.3) is 0 Å². The Morgan fingerprint density at radius 2 is 1.95 bits per heavy atom. The number of nitro groups is 1. The van der Waals surface area contributed by atoms with Crippen molar-refractivity contribution in [2.24, 2.45) is 0 Å². The van der Waals surface area contributed by atoms with Gasteiger partial charge in [-0.25, -0.2) is 4.98 Å². The molecule has 2 aromatic rings. The highest BCUT2D eigenvalue weighted by atomic mass is 35.5. The molecule has 0 aliphatic heterocycles. The smallest absolute Gasteiger partial charge is 0.272 e. The van der Waals surface area contributed by atoms with Crippen LogP contribution in [0.5, 0.6) is 11.6 Å². The standard InChI is InChI=1S/C12H6Cl2N2O4/c13-9-4-8(16(18)19)5-10(14)11(9)20-12-7(6-17)2-1-3-15-12/h1-6H. The largest absolute Gasteiger partial charge is 0.435 e. The number of benzene rings is 1. The van der Waals surface area contributed by atoms with Crippen molar-refractivity contribution in [1.82, 2.24) is 4.98 Å². The van der Waals surface area contributed by atoms with Crippen LogP contribution in [-0.2, 0) is 0 Å². The van der Waals surface area contributed by atoms with E-state index in [0.717, 1.165) is 12.1 Å². The fraction of sp³-hybridized carbons (Fsp3) is 0. The Bertz CT molecular complexity index is 668. The monoisotopic (exact) mass is 312 g/mol. The van der Waals surface area contributed by atoms with Crippen molar-refractivity contribution in [3.8, 4) is 11.6 Å². The zero-order valence-electron chi connectivity index (χ0n) is 9.75. The number of halogens is 2. The molecule has 0 saturated carbocycles. The first kappa shape index (κ1) is 14.2. The van der Waals surface area contributed by atoms with Gasteiger partial charge in [0.05, 0.1) is 20.5 Å². The van der Waals surface area contributed by atoms with Crippen LogP contribution in [0.4, 0.5) is 5.69 Å². The van der Waals surface area contributed by atoms with E-state index in [2.05, 4.69) is 4.98 Å². The molecule has 0 amide bonds. The van der Waals surface area contributed by atoms with E-state index in [1.165, 1.54) is 12.3 Å². The van der Waals surface area contributed by atoms with Crippen LogP contribution in [0.1, 0.15) is 10.4 Å². The number of hydrogen-bond donors (Lipinski definition) is 0. The zero-order chi connectivity index (χ0) is 14.7. The molecule has 0 unspecified atom stereocenters. The number of ether oxygens (including phenoxy) is 1. The Balaban J connectivity index is 2.44. The second kappa shape index (κ2) is 5.85. The summed E-state index contributed by atoms with van der Waals surface area (Å²) in [6.45, 7) is 0. The summed E-state index contributed by atoms with van der Waals surface area (Å²) in [5.74, 6) is 0.0147. The molecule has 20 heavy (non-hydrogen) atoms. The van der Waals surface area contributed by atoms with Crippen LogP contribution in [0.3, 0.4) is 0 Å². The van der Waals surface area contributed by atoms with Crippen molar-refractivity contribution in [2.75, 3.05) is 0 Å². The second-order valence-corrected chi connectivity index (χ2v) is 4.43. The normalized spacial score (nSPS) is 10.1. The Kier molecular flexibility index (Phi) is 4.16. The Labute approximate surface area is 123 Å². The predicted molar refractivity (Wildman–Crippen MR) is 72.8 cm³/mol. The molecule has 102 valence electrons. The number of rotatable bonds is 4. The van der Waals surface area contributed by atoms with E-state index in [1.54, 1.807) is 6.07 Å². The van der Waals surface area contributed by atoms with E-state index < -0.39 is 4.92 Å².